The number of aryl methyl sites for hydroxylation is 1. The van der Waals surface area contributed by atoms with Gasteiger partial charge in [0, 0.05) is 17.4 Å². The van der Waals surface area contributed by atoms with Crippen molar-refractivity contribution in [3.05, 3.63) is 54.1 Å². The molecule has 0 heterocycles. The summed E-state index contributed by atoms with van der Waals surface area (Å²) in [5, 5.41) is 0. The fourth-order valence-electron chi connectivity index (χ4n) is 2.19. The maximum atomic E-state index is 5.21. The summed E-state index contributed by atoms with van der Waals surface area (Å²) < 4.78 is 5.21. The van der Waals surface area contributed by atoms with Crippen LogP contribution in [0.1, 0.15) is 19.4 Å². The van der Waals surface area contributed by atoms with E-state index in [0.29, 0.717) is 6.04 Å². The first-order valence-electron chi connectivity index (χ1n) is 6.62. The van der Waals surface area contributed by atoms with E-state index in [1.54, 1.807) is 7.11 Å². The van der Waals surface area contributed by atoms with E-state index in [-0.39, 0.29) is 0 Å². The Hall–Kier alpha value is -1.96. The predicted molar refractivity (Wildman–Crippen MR) is 81.4 cm³/mol. The van der Waals surface area contributed by atoms with Gasteiger partial charge in [-0.3, -0.25) is 0 Å². The average molecular weight is 255 g/mol. The zero-order valence-electron chi connectivity index (χ0n) is 12.1. The topological polar surface area (TPSA) is 12.5 Å². The van der Waals surface area contributed by atoms with Crippen molar-refractivity contribution in [2.75, 3.05) is 12.0 Å². The van der Waals surface area contributed by atoms with Crippen molar-refractivity contribution in [3.8, 4) is 5.75 Å². The van der Waals surface area contributed by atoms with E-state index >= 15 is 0 Å². The highest BCUT2D eigenvalue weighted by molar-refractivity contribution is 5.64. The van der Waals surface area contributed by atoms with Crippen LogP contribution in [-0.4, -0.2) is 13.2 Å². The molecule has 0 aliphatic heterocycles. The molecule has 0 radical (unpaired) electrons. The van der Waals surface area contributed by atoms with Gasteiger partial charge < -0.3 is 9.64 Å². The lowest BCUT2D eigenvalue weighted by molar-refractivity contribution is 0.415. The molecule has 2 rings (SSSR count). The summed E-state index contributed by atoms with van der Waals surface area (Å²) in [6.45, 7) is 6.51. The first kappa shape index (κ1) is 13.5. The molecule has 0 N–H and O–H groups in total. The number of nitrogens with zero attached hydrogens (tertiary/aromatic N) is 1. The zero-order chi connectivity index (χ0) is 13.8. The molecule has 100 valence electrons. The summed E-state index contributed by atoms with van der Waals surface area (Å²) in [5.41, 5.74) is 3.67. The zero-order valence-corrected chi connectivity index (χ0v) is 12.1. The summed E-state index contributed by atoms with van der Waals surface area (Å²) in [4.78, 5) is 2.32. The van der Waals surface area contributed by atoms with Gasteiger partial charge in [-0.1, -0.05) is 17.7 Å². The Kier molecular flexibility index (Phi) is 4.10. The number of benzene rings is 2. The number of hydrogen-bond acceptors (Lipinski definition) is 2. The predicted octanol–water partition coefficient (Wildman–Crippen LogP) is 4.55. The summed E-state index contributed by atoms with van der Waals surface area (Å²) in [6, 6.07) is 17.2. The molecule has 0 amide bonds. The minimum atomic E-state index is 0.399. The van der Waals surface area contributed by atoms with Crippen molar-refractivity contribution >= 4 is 11.4 Å². The third-order valence-electron chi connectivity index (χ3n) is 3.18. The van der Waals surface area contributed by atoms with Crippen molar-refractivity contribution in [3.63, 3.8) is 0 Å². The largest absolute Gasteiger partial charge is 0.497 e. The Morgan fingerprint density at radius 3 is 1.74 bits per heavy atom. The Morgan fingerprint density at radius 2 is 1.32 bits per heavy atom. The van der Waals surface area contributed by atoms with Crippen molar-refractivity contribution in [1.29, 1.82) is 0 Å². The van der Waals surface area contributed by atoms with Crippen LogP contribution in [0.2, 0.25) is 0 Å². The van der Waals surface area contributed by atoms with Crippen LogP contribution in [-0.2, 0) is 0 Å². The van der Waals surface area contributed by atoms with Gasteiger partial charge in [0.25, 0.3) is 0 Å². The van der Waals surface area contributed by atoms with E-state index in [0.717, 1.165) is 5.75 Å². The van der Waals surface area contributed by atoms with Gasteiger partial charge in [-0.05, 0) is 57.2 Å². The molecule has 0 aliphatic carbocycles. The van der Waals surface area contributed by atoms with Crippen LogP contribution in [0.4, 0.5) is 11.4 Å². The van der Waals surface area contributed by atoms with Crippen LogP contribution in [0.3, 0.4) is 0 Å². The minimum Gasteiger partial charge on any atom is -0.497 e. The molecular weight excluding hydrogens is 234 g/mol. The monoisotopic (exact) mass is 255 g/mol. The van der Waals surface area contributed by atoms with E-state index in [4.69, 9.17) is 4.74 Å². The van der Waals surface area contributed by atoms with Gasteiger partial charge >= 0.3 is 0 Å². The molecule has 0 spiro atoms. The Labute approximate surface area is 115 Å². The van der Waals surface area contributed by atoms with Crippen molar-refractivity contribution in [1.82, 2.24) is 0 Å². The van der Waals surface area contributed by atoms with Crippen molar-refractivity contribution in [2.24, 2.45) is 0 Å². The van der Waals surface area contributed by atoms with Crippen molar-refractivity contribution < 1.29 is 4.74 Å². The lowest BCUT2D eigenvalue weighted by atomic mass is 10.1. The molecule has 0 saturated carbocycles. The summed E-state index contributed by atoms with van der Waals surface area (Å²) >= 11 is 0. The van der Waals surface area contributed by atoms with Gasteiger partial charge in [0.15, 0.2) is 0 Å². The number of ether oxygens (including phenoxy) is 1. The summed E-state index contributed by atoms with van der Waals surface area (Å²) in [5.74, 6) is 0.886. The van der Waals surface area contributed by atoms with Gasteiger partial charge in [0.1, 0.15) is 5.75 Å². The second-order valence-corrected chi connectivity index (χ2v) is 5.00. The maximum absolute atomic E-state index is 5.21. The maximum Gasteiger partial charge on any atom is 0.119 e. The van der Waals surface area contributed by atoms with E-state index in [1.807, 2.05) is 12.1 Å². The molecular formula is C17H21NO. The van der Waals surface area contributed by atoms with E-state index in [1.165, 1.54) is 16.9 Å². The van der Waals surface area contributed by atoms with Crippen molar-refractivity contribution in [2.45, 2.75) is 26.8 Å². The molecule has 2 nitrogen and oxygen atoms in total. The van der Waals surface area contributed by atoms with Crippen LogP contribution >= 0.6 is 0 Å². The Morgan fingerprint density at radius 1 is 0.842 bits per heavy atom. The molecule has 0 aliphatic rings. The van der Waals surface area contributed by atoms with E-state index in [2.05, 4.69) is 62.1 Å². The number of anilines is 2. The number of rotatable bonds is 4. The summed E-state index contributed by atoms with van der Waals surface area (Å²) in [6.07, 6.45) is 0. The average Bonchev–Trinajstić information content (AvgIpc) is 2.42. The Bertz CT molecular complexity index is 514. The number of hydrogen-bond donors (Lipinski definition) is 0. The molecule has 0 atom stereocenters. The third kappa shape index (κ3) is 3.08. The lowest BCUT2D eigenvalue weighted by Gasteiger charge is -2.29. The molecule has 0 bridgehead atoms. The van der Waals surface area contributed by atoms with Gasteiger partial charge in [0.05, 0.1) is 7.11 Å². The van der Waals surface area contributed by atoms with Gasteiger partial charge in [-0.2, -0.15) is 0 Å². The first-order valence-corrected chi connectivity index (χ1v) is 6.62. The van der Waals surface area contributed by atoms with Gasteiger partial charge in [0.2, 0.25) is 0 Å². The molecule has 19 heavy (non-hydrogen) atoms. The molecule has 0 saturated heterocycles. The highest BCUT2D eigenvalue weighted by Gasteiger charge is 2.12. The first-order chi connectivity index (χ1) is 9.11. The fourth-order valence-corrected chi connectivity index (χ4v) is 2.19. The normalized spacial score (nSPS) is 10.6. The van der Waals surface area contributed by atoms with Crippen LogP contribution in [0.15, 0.2) is 48.5 Å². The number of methoxy groups -OCH3 is 1. The third-order valence-corrected chi connectivity index (χ3v) is 3.18. The smallest absolute Gasteiger partial charge is 0.119 e. The lowest BCUT2D eigenvalue weighted by Crippen LogP contribution is -2.25. The second kappa shape index (κ2) is 5.79. The molecule has 2 heteroatoms. The standard InChI is InChI=1S/C17H21NO/c1-13(2)18(15-7-5-14(3)6-8-15)16-9-11-17(19-4)12-10-16/h5-13H,1-4H3. The van der Waals surface area contributed by atoms with Gasteiger partial charge in [-0.25, -0.2) is 0 Å². The fraction of sp³-hybridized carbons (Fsp3) is 0.294. The van der Waals surface area contributed by atoms with Gasteiger partial charge in [-0.15, -0.1) is 0 Å². The molecule has 0 aromatic heterocycles. The highest BCUT2D eigenvalue weighted by Crippen LogP contribution is 2.29. The van der Waals surface area contributed by atoms with Crippen LogP contribution in [0.25, 0.3) is 0 Å². The van der Waals surface area contributed by atoms with Crippen LogP contribution in [0, 0.1) is 6.92 Å². The van der Waals surface area contributed by atoms with E-state index in [9.17, 15) is 0 Å². The molecule has 0 unspecified atom stereocenters. The Balaban J connectivity index is 2.36. The molecule has 2 aromatic carbocycles. The second-order valence-electron chi connectivity index (χ2n) is 5.00. The molecule has 0 fully saturated rings. The minimum absolute atomic E-state index is 0.399. The van der Waals surface area contributed by atoms with E-state index < -0.39 is 0 Å². The van der Waals surface area contributed by atoms with Crippen LogP contribution < -0.4 is 9.64 Å². The highest BCUT2D eigenvalue weighted by atomic mass is 16.5. The quantitative estimate of drug-likeness (QED) is 0.794. The SMILES string of the molecule is COc1ccc(N(c2ccc(C)cc2)C(C)C)cc1. The van der Waals surface area contributed by atoms with Crippen LogP contribution in [0.5, 0.6) is 5.75 Å². The summed E-state index contributed by atoms with van der Waals surface area (Å²) in [7, 11) is 1.69. The molecule has 2 aromatic rings.